The van der Waals surface area contributed by atoms with E-state index >= 15 is 0 Å². The van der Waals surface area contributed by atoms with Crippen LogP contribution in [0.2, 0.25) is 3.48 Å². The average molecular weight is 336 g/mol. The number of hydrogen-bond donors (Lipinski definition) is 0. The van der Waals surface area contributed by atoms with E-state index in [1.54, 1.807) is 5.57 Å². The first-order chi connectivity index (χ1) is 5.36. The Morgan fingerprint density at radius 2 is 2.09 bits per heavy atom. The standard InChI is InChI=1S/C10H11.Tl/c1-2-9-7-4-5-8(6-7)10(9)3-1;/h1-3,7-8H,4-6H2;. The maximum atomic E-state index is 2.46. The number of allylic oxidation sites excluding steroid dienone is 4. The van der Waals surface area contributed by atoms with Crippen molar-refractivity contribution in [2.24, 2.45) is 11.8 Å². The van der Waals surface area contributed by atoms with E-state index in [0.717, 1.165) is 41.1 Å². The fourth-order valence-corrected chi connectivity index (χ4v) is 5.26. The van der Waals surface area contributed by atoms with Gasteiger partial charge in [0, 0.05) is 0 Å². The predicted molar refractivity (Wildman–Crippen MR) is 46.5 cm³/mol. The van der Waals surface area contributed by atoms with Gasteiger partial charge in [0.1, 0.15) is 0 Å². The van der Waals surface area contributed by atoms with Crippen LogP contribution in [0.15, 0.2) is 23.3 Å². The molecule has 0 nitrogen and oxygen atoms in total. The van der Waals surface area contributed by atoms with Gasteiger partial charge in [-0.15, -0.1) is 0 Å². The molecule has 0 heterocycles. The molecule has 0 amide bonds. The van der Waals surface area contributed by atoms with E-state index in [9.17, 15) is 0 Å². The molecule has 0 radical (unpaired) electrons. The number of hydrogen-bond acceptors (Lipinski definition) is 0. The first-order valence-corrected chi connectivity index (χ1v) is 7.13. The van der Waals surface area contributed by atoms with Gasteiger partial charge in [-0.3, -0.25) is 0 Å². The third kappa shape index (κ3) is 0.794. The molecule has 3 rings (SSSR count). The first-order valence-electron chi connectivity index (χ1n) is 4.54. The molecule has 3 aliphatic carbocycles. The molecule has 1 saturated carbocycles. The molecule has 54 valence electrons. The van der Waals surface area contributed by atoms with Crippen molar-refractivity contribution >= 4 is 25.8 Å². The molecule has 3 unspecified atom stereocenters. The van der Waals surface area contributed by atoms with Crippen molar-refractivity contribution in [3.63, 3.8) is 0 Å². The van der Waals surface area contributed by atoms with E-state index in [4.69, 9.17) is 0 Å². The zero-order valence-electron chi connectivity index (χ0n) is 6.59. The monoisotopic (exact) mass is 336 g/mol. The molecule has 0 saturated heterocycles. The summed E-state index contributed by atoms with van der Waals surface area (Å²) < 4.78 is 0.945. The summed E-state index contributed by atoms with van der Waals surface area (Å²) in [5.41, 5.74) is 3.65. The number of rotatable bonds is 0. The molecule has 1 heteroatoms. The molecule has 0 spiro atoms. The van der Waals surface area contributed by atoms with E-state index < -0.39 is 0 Å². The van der Waals surface area contributed by atoms with E-state index in [1.807, 2.05) is 5.57 Å². The average Bonchev–Trinajstić information content (AvgIpc) is 2.60. The minimum atomic E-state index is 0.945. The molecule has 0 aliphatic heterocycles. The van der Waals surface area contributed by atoms with Gasteiger partial charge in [-0.2, -0.15) is 0 Å². The van der Waals surface area contributed by atoms with Crippen LogP contribution < -0.4 is 0 Å². The Morgan fingerprint density at radius 3 is 2.91 bits per heavy atom. The summed E-state index contributed by atoms with van der Waals surface area (Å²) in [6, 6.07) is 0. The van der Waals surface area contributed by atoms with Crippen LogP contribution in [-0.2, 0) is 0 Å². The van der Waals surface area contributed by atoms with Crippen molar-refractivity contribution in [2.45, 2.75) is 22.7 Å². The summed E-state index contributed by atoms with van der Waals surface area (Å²) in [6.45, 7) is 0. The van der Waals surface area contributed by atoms with Gasteiger partial charge in [0.25, 0.3) is 0 Å². The fourth-order valence-electron chi connectivity index (χ4n) is 3.03. The van der Waals surface area contributed by atoms with Gasteiger partial charge in [-0.25, -0.2) is 0 Å². The van der Waals surface area contributed by atoms with Crippen LogP contribution in [0.4, 0.5) is 0 Å². The maximum absolute atomic E-state index is 2.46. The molecular formula is C10H11Tl. The Labute approximate surface area is 83.4 Å². The molecule has 0 aromatic heterocycles. The van der Waals surface area contributed by atoms with Gasteiger partial charge < -0.3 is 0 Å². The quantitative estimate of drug-likeness (QED) is 0.596. The van der Waals surface area contributed by atoms with Gasteiger partial charge in [-0.1, -0.05) is 0 Å². The van der Waals surface area contributed by atoms with Crippen LogP contribution in [0, 0.1) is 11.8 Å². The second kappa shape index (κ2) is 2.21. The van der Waals surface area contributed by atoms with Gasteiger partial charge in [-0.05, 0) is 0 Å². The SMILES string of the molecule is [Tl][CH]1C=CC2=C1C1CCC2C1. The normalized spacial score (nSPS) is 45.5. The van der Waals surface area contributed by atoms with E-state index in [1.165, 1.54) is 19.3 Å². The van der Waals surface area contributed by atoms with Gasteiger partial charge in [0.2, 0.25) is 0 Å². The number of fused-ring (bicyclic) bond motifs is 4. The summed E-state index contributed by atoms with van der Waals surface area (Å²) in [4.78, 5) is 0. The molecular weight excluding hydrogens is 324 g/mol. The van der Waals surface area contributed by atoms with Crippen LogP contribution in [0.5, 0.6) is 0 Å². The molecule has 3 aliphatic rings. The van der Waals surface area contributed by atoms with Gasteiger partial charge >= 0.3 is 83.6 Å². The van der Waals surface area contributed by atoms with E-state index in [0.29, 0.717) is 0 Å². The molecule has 3 atom stereocenters. The zero-order valence-corrected chi connectivity index (χ0v) is 11.1. The Morgan fingerprint density at radius 1 is 1.27 bits per heavy atom. The zero-order chi connectivity index (χ0) is 7.42. The van der Waals surface area contributed by atoms with Crippen LogP contribution in [-0.4, -0.2) is 25.8 Å². The van der Waals surface area contributed by atoms with Gasteiger partial charge in [0.05, 0.1) is 0 Å². The summed E-state index contributed by atoms with van der Waals surface area (Å²) in [6.07, 6.45) is 9.40. The Balaban J connectivity index is 2.10. The van der Waals surface area contributed by atoms with E-state index in [2.05, 4.69) is 12.2 Å². The molecule has 11 heavy (non-hydrogen) atoms. The second-order valence-corrected chi connectivity index (χ2v) is 6.79. The van der Waals surface area contributed by atoms with Crippen molar-refractivity contribution < 1.29 is 0 Å². The topological polar surface area (TPSA) is 0 Å². The summed E-state index contributed by atoms with van der Waals surface area (Å²) >= 11 is 1.14. The van der Waals surface area contributed by atoms with Crippen LogP contribution in [0.25, 0.3) is 0 Å². The summed E-state index contributed by atoms with van der Waals surface area (Å²) in [5.74, 6) is 2.02. The third-order valence-electron chi connectivity index (χ3n) is 3.49. The van der Waals surface area contributed by atoms with Crippen molar-refractivity contribution in [1.29, 1.82) is 0 Å². The van der Waals surface area contributed by atoms with Crippen molar-refractivity contribution in [3.05, 3.63) is 23.3 Å². The molecule has 0 aromatic carbocycles. The third-order valence-corrected chi connectivity index (χ3v) is 5.75. The van der Waals surface area contributed by atoms with E-state index in [-0.39, 0.29) is 0 Å². The second-order valence-electron chi connectivity index (χ2n) is 4.00. The molecule has 1 fully saturated rings. The molecule has 2 bridgehead atoms. The van der Waals surface area contributed by atoms with Crippen molar-refractivity contribution in [3.8, 4) is 0 Å². The van der Waals surface area contributed by atoms with Crippen LogP contribution >= 0.6 is 0 Å². The summed E-state index contributed by atoms with van der Waals surface area (Å²) in [7, 11) is 0. The Bertz CT molecular complexity index is 262. The Hall–Kier alpha value is 0.402. The fraction of sp³-hybridized carbons (Fsp3) is 0.600. The van der Waals surface area contributed by atoms with Crippen molar-refractivity contribution in [1.82, 2.24) is 0 Å². The molecule has 0 aromatic rings. The Kier molecular flexibility index (Phi) is 1.38. The molecule has 0 N–H and O–H groups in total. The van der Waals surface area contributed by atoms with Crippen LogP contribution in [0.1, 0.15) is 19.3 Å². The first kappa shape index (κ1) is 6.87. The van der Waals surface area contributed by atoms with Crippen molar-refractivity contribution in [2.75, 3.05) is 0 Å². The minimum absolute atomic E-state index is 0.945. The van der Waals surface area contributed by atoms with Gasteiger partial charge in [0.15, 0.2) is 0 Å². The predicted octanol–water partition coefficient (Wildman–Crippen LogP) is 2.24. The van der Waals surface area contributed by atoms with Crippen LogP contribution in [0.3, 0.4) is 0 Å². The summed E-state index contributed by atoms with van der Waals surface area (Å²) in [5, 5.41) is 0.